The fourth-order valence-electron chi connectivity index (χ4n) is 3.94. The van der Waals surface area contributed by atoms with Crippen molar-refractivity contribution in [1.29, 1.82) is 0 Å². The zero-order chi connectivity index (χ0) is 18.3. The summed E-state index contributed by atoms with van der Waals surface area (Å²) in [6.45, 7) is 6.53. The number of hydrogen-bond acceptors (Lipinski definition) is 5. The maximum Gasteiger partial charge on any atom is 0.228 e. The molecule has 0 saturated carbocycles. The molecule has 3 atom stereocenters. The van der Waals surface area contributed by atoms with Crippen LogP contribution in [0.1, 0.15) is 20.3 Å². The third-order valence-electron chi connectivity index (χ3n) is 5.04. The molecule has 3 aliphatic heterocycles. The molecule has 4 rings (SSSR count). The lowest BCUT2D eigenvalue weighted by atomic mass is 10.1. The molecule has 0 unspecified atom stereocenters. The van der Waals surface area contributed by atoms with E-state index < -0.39 is 0 Å². The summed E-state index contributed by atoms with van der Waals surface area (Å²) in [7, 11) is 0. The standard InChI is InChI=1S/C19H24N2O5/c1-12-9-20(10-13(2)26-12)19(23)14-7-18(22)21(11-14)15-3-4-16-17(8-15)25-6-5-24-16/h3-4,8,12-14H,5-7,9-11H2,1-2H3/t12-,13-,14-/m1/s1. The fourth-order valence-corrected chi connectivity index (χ4v) is 3.94. The van der Waals surface area contributed by atoms with Crippen LogP contribution in [0.3, 0.4) is 0 Å². The molecule has 1 aromatic rings. The normalized spacial score (nSPS) is 28.4. The van der Waals surface area contributed by atoms with E-state index >= 15 is 0 Å². The third kappa shape index (κ3) is 3.23. The van der Waals surface area contributed by atoms with Crippen molar-refractivity contribution in [2.24, 2.45) is 5.92 Å². The largest absolute Gasteiger partial charge is 0.486 e. The van der Waals surface area contributed by atoms with E-state index in [1.807, 2.05) is 36.9 Å². The monoisotopic (exact) mass is 360 g/mol. The van der Waals surface area contributed by atoms with Crippen LogP contribution in [-0.4, -0.2) is 61.8 Å². The molecule has 1 aromatic carbocycles. The van der Waals surface area contributed by atoms with Gasteiger partial charge in [0.25, 0.3) is 0 Å². The summed E-state index contributed by atoms with van der Waals surface area (Å²) >= 11 is 0. The first-order valence-electron chi connectivity index (χ1n) is 9.15. The molecule has 0 N–H and O–H groups in total. The number of anilines is 1. The van der Waals surface area contributed by atoms with Crippen molar-refractivity contribution in [1.82, 2.24) is 4.90 Å². The molecule has 3 aliphatic rings. The van der Waals surface area contributed by atoms with E-state index in [4.69, 9.17) is 14.2 Å². The van der Waals surface area contributed by atoms with Gasteiger partial charge in [0.1, 0.15) is 13.2 Å². The zero-order valence-electron chi connectivity index (χ0n) is 15.1. The quantitative estimate of drug-likeness (QED) is 0.798. The lowest BCUT2D eigenvalue weighted by molar-refractivity contribution is -0.147. The van der Waals surface area contributed by atoms with E-state index in [1.54, 1.807) is 4.90 Å². The first kappa shape index (κ1) is 17.1. The molecule has 0 spiro atoms. The van der Waals surface area contributed by atoms with Gasteiger partial charge in [0, 0.05) is 37.8 Å². The van der Waals surface area contributed by atoms with Gasteiger partial charge in [-0.3, -0.25) is 9.59 Å². The summed E-state index contributed by atoms with van der Waals surface area (Å²) in [6.07, 6.45) is 0.287. The molecule has 140 valence electrons. The Labute approximate surface area is 152 Å². The summed E-state index contributed by atoms with van der Waals surface area (Å²) in [4.78, 5) is 28.9. The number of carbonyl (C=O) groups excluding carboxylic acids is 2. The third-order valence-corrected chi connectivity index (χ3v) is 5.04. The van der Waals surface area contributed by atoms with Gasteiger partial charge in [0.2, 0.25) is 11.8 Å². The molecule has 26 heavy (non-hydrogen) atoms. The molecular weight excluding hydrogens is 336 g/mol. The highest BCUT2D eigenvalue weighted by Gasteiger charge is 2.39. The van der Waals surface area contributed by atoms with E-state index in [1.165, 1.54) is 0 Å². The predicted octanol–water partition coefficient (Wildman–Crippen LogP) is 1.45. The maximum absolute atomic E-state index is 12.9. The van der Waals surface area contributed by atoms with Gasteiger partial charge >= 0.3 is 0 Å². The summed E-state index contributed by atoms with van der Waals surface area (Å²) in [6, 6.07) is 5.48. The van der Waals surface area contributed by atoms with E-state index in [-0.39, 0.29) is 36.4 Å². The Kier molecular flexibility index (Phi) is 4.48. The van der Waals surface area contributed by atoms with Crippen LogP contribution in [0.25, 0.3) is 0 Å². The van der Waals surface area contributed by atoms with Crippen molar-refractivity contribution in [3.63, 3.8) is 0 Å². The van der Waals surface area contributed by atoms with Gasteiger partial charge in [-0.2, -0.15) is 0 Å². The summed E-state index contributed by atoms with van der Waals surface area (Å²) < 4.78 is 16.8. The van der Waals surface area contributed by atoms with Gasteiger partial charge < -0.3 is 24.0 Å². The average Bonchev–Trinajstić information content (AvgIpc) is 3.01. The van der Waals surface area contributed by atoms with Crippen molar-refractivity contribution in [3.8, 4) is 11.5 Å². The van der Waals surface area contributed by atoms with E-state index in [0.29, 0.717) is 44.3 Å². The molecule has 0 radical (unpaired) electrons. The van der Waals surface area contributed by atoms with Crippen molar-refractivity contribution in [2.45, 2.75) is 32.5 Å². The second-order valence-electron chi connectivity index (χ2n) is 7.23. The highest BCUT2D eigenvalue weighted by atomic mass is 16.6. The van der Waals surface area contributed by atoms with Crippen LogP contribution in [-0.2, 0) is 14.3 Å². The van der Waals surface area contributed by atoms with Crippen molar-refractivity contribution < 1.29 is 23.8 Å². The topological polar surface area (TPSA) is 68.3 Å². The van der Waals surface area contributed by atoms with E-state index in [0.717, 1.165) is 5.69 Å². The Bertz CT molecular complexity index is 712. The first-order valence-corrected chi connectivity index (χ1v) is 9.15. The van der Waals surface area contributed by atoms with Gasteiger partial charge in [-0.25, -0.2) is 0 Å². The highest BCUT2D eigenvalue weighted by molar-refractivity contribution is 6.00. The van der Waals surface area contributed by atoms with Gasteiger partial charge in [-0.1, -0.05) is 0 Å². The minimum Gasteiger partial charge on any atom is -0.486 e. The Hall–Kier alpha value is -2.28. The Morgan fingerprint density at radius 2 is 1.73 bits per heavy atom. The number of benzene rings is 1. The van der Waals surface area contributed by atoms with Gasteiger partial charge in [-0.05, 0) is 26.0 Å². The second-order valence-corrected chi connectivity index (χ2v) is 7.23. The SMILES string of the molecule is C[C@@H]1CN(C(=O)[C@@H]2CC(=O)N(c3ccc4c(c3)OCCO4)C2)C[C@@H](C)O1. The molecular formula is C19H24N2O5. The maximum atomic E-state index is 12.9. The Balaban J connectivity index is 1.47. The Morgan fingerprint density at radius 3 is 2.46 bits per heavy atom. The number of nitrogens with zero attached hydrogens (tertiary/aromatic N) is 2. The minimum atomic E-state index is -0.312. The molecule has 0 aliphatic carbocycles. The Morgan fingerprint density at radius 1 is 1.04 bits per heavy atom. The molecule has 7 heteroatoms. The van der Waals surface area contributed by atoms with Crippen LogP contribution in [0.2, 0.25) is 0 Å². The van der Waals surface area contributed by atoms with Crippen LogP contribution < -0.4 is 14.4 Å². The molecule has 2 fully saturated rings. The second kappa shape index (κ2) is 6.79. The average molecular weight is 360 g/mol. The van der Waals surface area contributed by atoms with Crippen molar-refractivity contribution in [2.75, 3.05) is 37.7 Å². The van der Waals surface area contributed by atoms with Gasteiger partial charge in [0.15, 0.2) is 11.5 Å². The lowest BCUT2D eigenvalue weighted by Gasteiger charge is -2.36. The molecule has 2 saturated heterocycles. The van der Waals surface area contributed by atoms with Crippen LogP contribution in [0.4, 0.5) is 5.69 Å². The molecule has 0 aromatic heterocycles. The number of morpholine rings is 1. The van der Waals surface area contributed by atoms with Crippen molar-refractivity contribution in [3.05, 3.63) is 18.2 Å². The summed E-state index contributed by atoms with van der Waals surface area (Å²) in [5, 5.41) is 0. The van der Waals surface area contributed by atoms with Gasteiger partial charge in [0.05, 0.1) is 18.1 Å². The number of ether oxygens (including phenoxy) is 3. The number of rotatable bonds is 2. The lowest BCUT2D eigenvalue weighted by Crippen LogP contribution is -2.50. The van der Waals surface area contributed by atoms with E-state index in [2.05, 4.69) is 0 Å². The molecule has 0 bridgehead atoms. The number of amides is 2. The van der Waals surface area contributed by atoms with Gasteiger partial charge in [-0.15, -0.1) is 0 Å². The molecule has 2 amide bonds. The highest BCUT2D eigenvalue weighted by Crippen LogP contribution is 2.36. The van der Waals surface area contributed by atoms with Crippen LogP contribution in [0.5, 0.6) is 11.5 Å². The molecule has 3 heterocycles. The zero-order valence-corrected chi connectivity index (χ0v) is 15.1. The van der Waals surface area contributed by atoms with E-state index in [9.17, 15) is 9.59 Å². The number of hydrogen-bond donors (Lipinski definition) is 0. The predicted molar refractivity (Wildman–Crippen MR) is 94.5 cm³/mol. The minimum absolute atomic E-state index is 0.0219. The first-order chi connectivity index (χ1) is 12.5. The van der Waals surface area contributed by atoms with Crippen LogP contribution >= 0.6 is 0 Å². The number of fused-ring (bicyclic) bond motifs is 1. The smallest absolute Gasteiger partial charge is 0.228 e. The summed E-state index contributed by atoms with van der Waals surface area (Å²) in [5.41, 5.74) is 0.748. The number of carbonyl (C=O) groups is 2. The fraction of sp³-hybridized carbons (Fsp3) is 0.579. The summed E-state index contributed by atoms with van der Waals surface area (Å²) in [5.74, 6) is 1.03. The van der Waals surface area contributed by atoms with Crippen molar-refractivity contribution >= 4 is 17.5 Å². The molecule has 7 nitrogen and oxygen atoms in total. The van der Waals surface area contributed by atoms with Crippen LogP contribution in [0, 0.1) is 5.92 Å². The van der Waals surface area contributed by atoms with Crippen LogP contribution in [0.15, 0.2) is 18.2 Å².